The van der Waals surface area contributed by atoms with Crippen LogP contribution in [0.4, 0.5) is 0 Å². The first-order chi connectivity index (χ1) is 21.3. The Labute approximate surface area is 262 Å². The Bertz CT molecular complexity index is 1320. The van der Waals surface area contributed by atoms with Crippen LogP contribution in [0, 0.1) is 11.8 Å². The van der Waals surface area contributed by atoms with Gasteiger partial charge < -0.3 is 41.8 Å². The lowest BCUT2D eigenvalue weighted by molar-refractivity contribution is -0.149. The van der Waals surface area contributed by atoms with Gasteiger partial charge in [-0.15, -0.1) is 0 Å². The summed E-state index contributed by atoms with van der Waals surface area (Å²) < 4.78 is 0. The average Bonchev–Trinajstić information content (AvgIpc) is 3.71. The number of aromatic amines is 1. The van der Waals surface area contributed by atoms with Gasteiger partial charge in [-0.05, 0) is 42.4 Å². The van der Waals surface area contributed by atoms with Gasteiger partial charge in [0.05, 0.1) is 12.4 Å². The minimum absolute atomic E-state index is 0.0290. The number of carboxylic acid groups (broad SMARTS) is 1. The van der Waals surface area contributed by atoms with Crippen molar-refractivity contribution in [2.75, 3.05) is 6.54 Å². The minimum Gasteiger partial charge on any atom is -0.508 e. The molecule has 6 unspecified atom stereocenters. The summed E-state index contributed by atoms with van der Waals surface area (Å²) in [7, 11) is 0. The summed E-state index contributed by atoms with van der Waals surface area (Å²) >= 11 is 0. The van der Waals surface area contributed by atoms with Crippen molar-refractivity contribution in [3.8, 4) is 5.75 Å². The molecular weight excluding hydrogens is 582 g/mol. The van der Waals surface area contributed by atoms with Crippen molar-refractivity contribution in [1.82, 2.24) is 30.8 Å². The number of carbonyl (C=O) groups excluding carboxylic acids is 4. The quantitative estimate of drug-likeness (QED) is 0.146. The van der Waals surface area contributed by atoms with E-state index in [-0.39, 0.29) is 37.0 Å². The van der Waals surface area contributed by atoms with Crippen molar-refractivity contribution >= 4 is 29.6 Å². The van der Waals surface area contributed by atoms with Gasteiger partial charge in [0, 0.05) is 31.3 Å². The maximum Gasteiger partial charge on any atom is 0.326 e. The number of benzene rings is 1. The van der Waals surface area contributed by atoms with Crippen LogP contribution < -0.4 is 21.7 Å². The highest BCUT2D eigenvalue weighted by Gasteiger charge is 2.39. The number of amides is 4. The van der Waals surface area contributed by atoms with E-state index < -0.39 is 59.8 Å². The second-order valence-corrected chi connectivity index (χ2v) is 11.9. The number of rotatable bonds is 15. The van der Waals surface area contributed by atoms with Gasteiger partial charge in [0.25, 0.3) is 0 Å². The molecule has 45 heavy (non-hydrogen) atoms. The van der Waals surface area contributed by atoms with Crippen LogP contribution in [-0.2, 0) is 36.8 Å². The smallest absolute Gasteiger partial charge is 0.326 e. The first-order valence-corrected chi connectivity index (χ1v) is 15.3. The minimum atomic E-state index is -1.13. The molecule has 6 atom stereocenters. The van der Waals surface area contributed by atoms with E-state index in [2.05, 4.69) is 25.9 Å². The van der Waals surface area contributed by atoms with E-state index in [4.69, 9.17) is 5.73 Å². The number of hydrogen-bond donors (Lipinski definition) is 7. The number of aromatic nitrogens is 2. The highest BCUT2D eigenvalue weighted by atomic mass is 16.4. The maximum atomic E-state index is 13.8. The fourth-order valence-electron chi connectivity index (χ4n) is 5.17. The molecule has 0 bridgehead atoms. The number of likely N-dealkylation sites (tertiary alicyclic amines) is 1. The monoisotopic (exact) mass is 627 g/mol. The van der Waals surface area contributed by atoms with Gasteiger partial charge in [0.1, 0.15) is 29.9 Å². The van der Waals surface area contributed by atoms with E-state index in [1.165, 1.54) is 29.6 Å². The number of imidazole rings is 1. The zero-order valence-electron chi connectivity index (χ0n) is 26.2. The van der Waals surface area contributed by atoms with E-state index in [0.29, 0.717) is 30.5 Å². The summed E-state index contributed by atoms with van der Waals surface area (Å²) in [6, 6.07) is 0.989. The number of H-pyrrole nitrogens is 1. The van der Waals surface area contributed by atoms with Crippen LogP contribution in [0.5, 0.6) is 5.75 Å². The Kier molecular flexibility index (Phi) is 12.5. The molecule has 14 nitrogen and oxygen atoms in total. The molecule has 4 amide bonds. The normalized spacial score (nSPS) is 18.0. The SMILES string of the molecule is CCC(C)C(NC(=O)C(Cc1ccc(O)cc1)NC(=O)C(N)C(C)C)C(=O)NC(Cc1cnc[nH]1)C(=O)N1CCCC1C(=O)O. The lowest BCUT2D eigenvalue weighted by Gasteiger charge is -2.31. The van der Waals surface area contributed by atoms with E-state index in [1.54, 1.807) is 32.9 Å². The molecule has 1 aliphatic heterocycles. The molecule has 246 valence electrons. The Morgan fingerprint density at radius 3 is 2.24 bits per heavy atom. The molecule has 0 spiro atoms. The van der Waals surface area contributed by atoms with Crippen molar-refractivity contribution in [2.24, 2.45) is 17.6 Å². The van der Waals surface area contributed by atoms with E-state index in [9.17, 15) is 34.2 Å². The third-order valence-corrected chi connectivity index (χ3v) is 8.24. The van der Waals surface area contributed by atoms with Gasteiger partial charge in [-0.25, -0.2) is 9.78 Å². The summed E-state index contributed by atoms with van der Waals surface area (Å²) in [6.07, 6.45) is 4.37. The number of phenols is 1. The van der Waals surface area contributed by atoms with E-state index in [1.807, 2.05) is 6.92 Å². The Hall–Kier alpha value is -4.46. The van der Waals surface area contributed by atoms with Gasteiger partial charge in [-0.2, -0.15) is 0 Å². The number of nitrogens with zero attached hydrogens (tertiary/aromatic N) is 2. The Balaban J connectivity index is 1.85. The number of hydrogen-bond acceptors (Lipinski definition) is 8. The lowest BCUT2D eigenvalue weighted by Crippen LogP contribution is -2.60. The van der Waals surface area contributed by atoms with Crippen molar-refractivity contribution < 1.29 is 34.2 Å². The largest absolute Gasteiger partial charge is 0.508 e. The third-order valence-electron chi connectivity index (χ3n) is 8.24. The number of carboxylic acids is 1. The van der Waals surface area contributed by atoms with Crippen molar-refractivity contribution in [3.05, 3.63) is 48.0 Å². The number of aromatic hydroxyl groups is 1. The molecule has 2 aromatic rings. The first-order valence-electron chi connectivity index (χ1n) is 15.3. The molecule has 0 aliphatic carbocycles. The second-order valence-electron chi connectivity index (χ2n) is 11.9. The first kappa shape index (κ1) is 35.0. The third kappa shape index (κ3) is 9.51. The molecule has 0 radical (unpaired) electrons. The maximum absolute atomic E-state index is 13.8. The molecule has 1 aliphatic rings. The number of carbonyl (C=O) groups is 5. The van der Waals surface area contributed by atoms with Crippen LogP contribution in [0.3, 0.4) is 0 Å². The van der Waals surface area contributed by atoms with Crippen molar-refractivity contribution in [2.45, 2.75) is 90.0 Å². The Morgan fingerprint density at radius 2 is 1.67 bits per heavy atom. The highest BCUT2D eigenvalue weighted by Crippen LogP contribution is 2.20. The summed E-state index contributed by atoms with van der Waals surface area (Å²) in [6.45, 7) is 7.44. The molecule has 8 N–H and O–H groups in total. The highest BCUT2D eigenvalue weighted by molar-refractivity contribution is 5.96. The number of phenolic OH excluding ortho intramolecular Hbond substituents is 1. The van der Waals surface area contributed by atoms with Gasteiger partial charge in [0.15, 0.2) is 0 Å². The fourth-order valence-corrected chi connectivity index (χ4v) is 5.17. The predicted molar refractivity (Wildman–Crippen MR) is 165 cm³/mol. The molecule has 0 saturated carbocycles. The van der Waals surface area contributed by atoms with Gasteiger partial charge in [-0.3, -0.25) is 19.2 Å². The van der Waals surface area contributed by atoms with Crippen LogP contribution >= 0.6 is 0 Å². The molecule has 1 aromatic carbocycles. The fraction of sp³-hybridized carbons (Fsp3) is 0.548. The van der Waals surface area contributed by atoms with Gasteiger partial charge >= 0.3 is 5.97 Å². The summed E-state index contributed by atoms with van der Waals surface area (Å²) in [4.78, 5) is 74.0. The zero-order valence-corrected chi connectivity index (χ0v) is 26.2. The molecule has 2 heterocycles. The van der Waals surface area contributed by atoms with Gasteiger partial charge in [-0.1, -0.05) is 46.2 Å². The number of aliphatic carboxylic acids is 1. The van der Waals surface area contributed by atoms with Crippen LogP contribution in [0.15, 0.2) is 36.8 Å². The average molecular weight is 628 g/mol. The summed E-state index contributed by atoms with van der Waals surface area (Å²) in [5.41, 5.74) is 7.25. The van der Waals surface area contributed by atoms with Crippen LogP contribution in [0.2, 0.25) is 0 Å². The van der Waals surface area contributed by atoms with E-state index >= 15 is 0 Å². The molecule has 1 saturated heterocycles. The number of nitrogens with two attached hydrogens (primary N) is 1. The lowest BCUT2D eigenvalue weighted by atomic mass is 9.96. The molecular formula is C31H45N7O7. The Morgan fingerprint density at radius 1 is 1.00 bits per heavy atom. The number of nitrogens with one attached hydrogen (secondary N) is 4. The summed E-state index contributed by atoms with van der Waals surface area (Å²) in [5, 5.41) is 27.6. The predicted octanol–water partition coefficient (Wildman–Crippen LogP) is 0.460. The molecule has 1 aromatic heterocycles. The van der Waals surface area contributed by atoms with Gasteiger partial charge in [0.2, 0.25) is 23.6 Å². The van der Waals surface area contributed by atoms with Crippen LogP contribution in [-0.4, -0.2) is 91.4 Å². The van der Waals surface area contributed by atoms with E-state index in [0.717, 1.165) is 0 Å². The molecule has 3 rings (SSSR count). The molecule has 1 fully saturated rings. The zero-order chi connectivity index (χ0) is 33.3. The van der Waals surface area contributed by atoms with Crippen molar-refractivity contribution in [3.63, 3.8) is 0 Å². The van der Waals surface area contributed by atoms with Crippen LogP contribution in [0.1, 0.15) is 58.2 Å². The topological polar surface area (TPSA) is 220 Å². The standard InChI is InChI=1S/C31H45N7O7/c1-5-18(4)26(37-27(40)22(35-28(41)25(32)17(2)3)13-19-8-10-21(39)11-9-19)29(42)36-23(14-20-15-33-16-34-20)30(43)38-12-6-7-24(38)31(44)45/h8-11,15-18,22-26,39H,5-7,12-14,32H2,1-4H3,(H,33,34)(H,35,41)(H,36,42)(H,37,40)(H,44,45). The van der Waals surface area contributed by atoms with Crippen molar-refractivity contribution in [1.29, 1.82) is 0 Å². The molecule has 14 heteroatoms. The second kappa shape index (κ2) is 16.0. The summed E-state index contributed by atoms with van der Waals surface area (Å²) in [5.74, 6) is -3.97. The van der Waals surface area contributed by atoms with Crippen LogP contribution in [0.25, 0.3) is 0 Å².